The highest BCUT2D eigenvalue weighted by molar-refractivity contribution is 7.15. The van der Waals surface area contributed by atoms with Gasteiger partial charge in [-0.15, -0.1) is 0 Å². The van der Waals surface area contributed by atoms with Gasteiger partial charge in [0.2, 0.25) is 0 Å². The van der Waals surface area contributed by atoms with Gasteiger partial charge in [-0.2, -0.15) is 0 Å². The Kier molecular flexibility index (Phi) is 803. The van der Waals surface area contributed by atoms with Crippen LogP contribution >= 0.6 is 17.7 Å². The SMILES string of the molecule is C=[PH2+].C=[PH2+].[Cl-].[Cl-]. The van der Waals surface area contributed by atoms with Crippen LogP contribution in [0.5, 0.6) is 0 Å². The maximum atomic E-state index is 3.17. The zero-order valence-electron chi connectivity index (χ0n) is 3.32. The highest BCUT2D eigenvalue weighted by Gasteiger charge is 0.771. The Morgan fingerprint density at radius 2 is 0.667 bits per heavy atom. The fourth-order valence-corrected chi connectivity index (χ4v) is 0. The summed E-state index contributed by atoms with van der Waals surface area (Å²) in [4.78, 5) is 0. The summed E-state index contributed by atoms with van der Waals surface area (Å²) >= 11 is 0. The lowest BCUT2D eigenvalue weighted by Gasteiger charge is -1.00. The molecule has 0 radical (unpaired) electrons. The third-order valence-corrected chi connectivity index (χ3v) is 0. The molecule has 40 valence electrons. The van der Waals surface area contributed by atoms with E-state index in [0.29, 0.717) is 0 Å². The van der Waals surface area contributed by atoms with Crippen LogP contribution in [0.3, 0.4) is 0 Å². The van der Waals surface area contributed by atoms with Gasteiger partial charge in [-0.1, -0.05) is 0 Å². The van der Waals surface area contributed by atoms with Gasteiger partial charge in [0.05, 0.1) is 30.3 Å². The molecule has 0 N–H and O–H groups in total. The molecule has 0 aromatic rings. The smallest absolute Gasteiger partial charge is 0.0673 e. The lowest BCUT2D eigenvalue weighted by Crippen LogP contribution is -3.00. The maximum absolute atomic E-state index is 3.17. The van der Waals surface area contributed by atoms with Crippen molar-refractivity contribution in [1.82, 2.24) is 0 Å². The minimum absolute atomic E-state index is 0. The van der Waals surface area contributed by atoms with E-state index in [0.717, 1.165) is 0 Å². The molecule has 0 aromatic heterocycles. The molecule has 0 aliphatic rings. The van der Waals surface area contributed by atoms with Crippen molar-refractivity contribution in [3.05, 3.63) is 0 Å². The van der Waals surface area contributed by atoms with Crippen LogP contribution in [-0.2, 0) is 0 Å². The zero-order chi connectivity index (χ0) is 4.00. The summed E-state index contributed by atoms with van der Waals surface area (Å²) in [6.45, 7) is 0. The molecule has 4 heteroatoms. The standard InChI is InChI=1S/2CH3P.2ClH/c2*1-2;;/h2*2H,1H2;2*1H. The Bertz CT molecular complexity index is 11.5. The van der Waals surface area contributed by atoms with Crippen molar-refractivity contribution in [2.24, 2.45) is 0 Å². The lowest BCUT2D eigenvalue weighted by molar-refractivity contribution is -0.001000. The second-order valence-corrected chi connectivity index (χ2v) is 0. The third-order valence-electron chi connectivity index (χ3n) is 0. The molecule has 0 amide bonds. The van der Waals surface area contributed by atoms with Crippen LogP contribution in [0.25, 0.3) is 0 Å². The second-order valence-electron chi connectivity index (χ2n) is 0. The van der Waals surface area contributed by atoms with Crippen molar-refractivity contribution in [2.75, 3.05) is 0 Å². The van der Waals surface area contributed by atoms with E-state index in [9.17, 15) is 0 Å². The van der Waals surface area contributed by atoms with Crippen LogP contribution in [0.1, 0.15) is 0 Å². The molecule has 2 unspecified atom stereocenters. The minimum Gasteiger partial charge on any atom is -1.00 e. The average Bonchev–Trinajstić information content (AvgIpc) is 1.50. The number of hydrogen-bond acceptors (Lipinski definition) is 0. The average molecular weight is 165 g/mol. The predicted molar refractivity (Wildman–Crippen MR) is 33.7 cm³/mol. The molecule has 6 heavy (non-hydrogen) atoms. The summed E-state index contributed by atoms with van der Waals surface area (Å²) in [5, 5.41) is 0. The maximum Gasteiger partial charge on any atom is 0.0673 e. The molecular formula is C2H8Cl2P2. The van der Waals surface area contributed by atoms with E-state index in [1.54, 1.807) is 0 Å². The van der Waals surface area contributed by atoms with Crippen LogP contribution in [-0.4, -0.2) is 12.6 Å². The van der Waals surface area contributed by atoms with Gasteiger partial charge >= 0.3 is 0 Å². The van der Waals surface area contributed by atoms with Gasteiger partial charge in [-0.3, -0.25) is 0 Å². The Morgan fingerprint density at radius 3 is 0.667 bits per heavy atom. The van der Waals surface area contributed by atoms with E-state index in [1.807, 2.05) is 0 Å². The molecule has 0 saturated carbocycles. The third kappa shape index (κ3) is 89.3. The van der Waals surface area contributed by atoms with Crippen LogP contribution in [0.4, 0.5) is 0 Å². The first kappa shape index (κ1) is 28.4. The molecule has 0 fully saturated rings. The van der Waals surface area contributed by atoms with Crippen molar-refractivity contribution in [3.63, 3.8) is 0 Å². The van der Waals surface area contributed by atoms with E-state index in [-0.39, 0.29) is 24.8 Å². The zero-order valence-corrected chi connectivity index (χ0v) is 7.15. The first-order valence-electron chi connectivity index (χ1n) is 0.816. The number of rotatable bonds is 0. The topological polar surface area (TPSA) is 0 Å². The van der Waals surface area contributed by atoms with Crippen molar-refractivity contribution in [3.8, 4) is 0 Å². The number of hydrogen-bond donors (Lipinski definition) is 0. The molecule has 0 aliphatic carbocycles. The highest BCUT2D eigenvalue weighted by Crippen LogP contribution is 1.20. The van der Waals surface area contributed by atoms with E-state index < -0.39 is 0 Å². The fourth-order valence-electron chi connectivity index (χ4n) is 0. The summed E-state index contributed by atoms with van der Waals surface area (Å²) in [6.07, 6.45) is 6.33. The molecule has 0 bridgehead atoms. The molecule has 0 aliphatic heterocycles. The second kappa shape index (κ2) is 169. The first-order valence-corrected chi connectivity index (χ1v) is 2.45. The van der Waals surface area contributed by atoms with Crippen LogP contribution in [0.15, 0.2) is 0 Å². The summed E-state index contributed by atoms with van der Waals surface area (Å²) in [6, 6.07) is 0. The Morgan fingerprint density at radius 1 is 0.667 bits per heavy atom. The predicted octanol–water partition coefficient (Wildman–Crippen LogP) is -5.40. The summed E-state index contributed by atoms with van der Waals surface area (Å²) in [5.41, 5.74) is 0. The lowest BCUT2D eigenvalue weighted by atomic mass is 12.0. The van der Waals surface area contributed by atoms with Gasteiger partial charge in [0.25, 0.3) is 0 Å². The fraction of sp³-hybridized carbons (Fsp3) is 0. The number of halogens is 2. The molecule has 0 nitrogen and oxygen atoms in total. The van der Waals surface area contributed by atoms with Gasteiger partial charge in [-0.25, -0.2) is 0 Å². The molecular weight excluding hydrogens is 157 g/mol. The summed E-state index contributed by atoms with van der Waals surface area (Å²) < 4.78 is 0. The van der Waals surface area contributed by atoms with Gasteiger partial charge in [0.15, 0.2) is 0 Å². The van der Waals surface area contributed by atoms with E-state index >= 15 is 0 Å². The van der Waals surface area contributed by atoms with Crippen LogP contribution in [0.2, 0.25) is 0 Å². The van der Waals surface area contributed by atoms with Crippen LogP contribution in [0, 0.1) is 0 Å². The van der Waals surface area contributed by atoms with Crippen molar-refractivity contribution >= 4 is 30.3 Å². The van der Waals surface area contributed by atoms with Crippen LogP contribution < -0.4 is 24.8 Å². The quantitative estimate of drug-likeness (QED) is 0.314. The van der Waals surface area contributed by atoms with E-state index in [1.165, 1.54) is 0 Å². The Hall–Kier alpha value is 0.920. The highest BCUT2D eigenvalue weighted by atomic mass is 35.5. The minimum atomic E-state index is 0. The van der Waals surface area contributed by atoms with E-state index in [2.05, 4.69) is 30.3 Å². The summed E-state index contributed by atoms with van der Waals surface area (Å²) in [5.74, 6) is 0. The Labute approximate surface area is 55.6 Å². The molecule has 0 saturated heterocycles. The van der Waals surface area contributed by atoms with Crippen molar-refractivity contribution < 1.29 is 24.8 Å². The molecule has 0 rings (SSSR count). The largest absolute Gasteiger partial charge is 1.00 e. The molecule has 0 spiro atoms. The van der Waals surface area contributed by atoms with Crippen molar-refractivity contribution in [2.45, 2.75) is 0 Å². The van der Waals surface area contributed by atoms with Gasteiger partial charge < -0.3 is 24.8 Å². The van der Waals surface area contributed by atoms with Crippen molar-refractivity contribution in [1.29, 1.82) is 0 Å². The van der Waals surface area contributed by atoms with Gasteiger partial charge in [0.1, 0.15) is 0 Å². The Balaban J connectivity index is -0.00000000500. The molecule has 0 heterocycles. The normalized spacial score (nSPS) is 1.33. The summed E-state index contributed by atoms with van der Waals surface area (Å²) in [7, 11) is 4.33. The van der Waals surface area contributed by atoms with E-state index in [4.69, 9.17) is 0 Å². The molecule has 0 aromatic carbocycles. The van der Waals surface area contributed by atoms with Gasteiger partial charge in [-0.05, 0) is 0 Å². The molecule has 2 atom stereocenters. The van der Waals surface area contributed by atoms with Gasteiger partial charge in [0, 0.05) is 0 Å². The monoisotopic (exact) mass is 164 g/mol. The first-order chi connectivity index (χ1) is 2.00.